The molecule has 0 radical (unpaired) electrons. The third-order valence-corrected chi connectivity index (χ3v) is 4.07. The van der Waals surface area contributed by atoms with Crippen LogP contribution in [0.2, 0.25) is 0 Å². The zero-order chi connectivity index (χ0) is 11.5. The molecule has 88 valence electrons. The molecule has 0 unspecified atom stereocenters. The van der Waals surface area contributed by atoms with E-state index in [1.165, 1.54) is 19.3 Å². The van der Waals surface area contributed by atoms with E-state index in [1.54, 1.807) is 12.2 Å². The van der Waals surface area contributed by atoms with Crippen LogP contribution < -0.4 is 0 Å². The van der Waals surface area contributed by atoms with E-state index in [2.05, 4.69) is 13.2 Å². The van der Waals surface area contributed by atoms with Crippen LogP contribution in [-0.2, 0) is 4.79 Å². The fraction of sp³-hybridized carbons (Fsp3) is 0.643. The highest BCUT2D eigenvalue weighted by molar-refractivity contribution is 5.80. The summed E-state index contributed by atoms with van der Waals surface area (Å²) in [6, 6.07) is 0. The molecular formula is C14H21NO. The minimum absolute atomic E-state index is 0.290. The summed E-state index contributed by atoms with van der Waals surface area (Å²) < 4.78 is 0. The van der Waals surface area contributed by atoms with Crippen molar-refractivity contribution in [3.8, 4) is 0 Å². The van der Waals surface area contributed by atoms with Crippen molar-refractivity contribution in [2.24, 2.45) is 17.8 Å². The lowest BCUT2D eigenvalue weighted by atomic mass is 9.87. The first-order chi connectivity index (χ1) is 7.76. The Morgan fingerprint density at radius 2 is 1.88 bits per heavy atom. The van der Waals surface area contributed by atoms with Crippen LogP contribution in [0.5, 0.6) is 0 Å². The molecule has 0 aromatic carbocycles. The Morgan fingerprint density at radius 1 is 1.19 bits per heavy atom. The minimum atomic E-state index is 0.290. The topological polar surface area (TPSA) is 20.3 Å². The Balaban J connectivity index is 1.99. The molecule has 0 saturated heterocycles. The molecule has 2 bridgehead atoms. The first-order valence-corrected chi connectivity index (χ1v) is 6.26. The fourth-order valence-corrected chi connectivity index (χ4v) is 3.35. The number of amides is 1. The first-order valence-electron chi connectivity index (χ1n) is 6.26. The minimum Gasteiger partial charge on any atom is -0.335 e. The predicted molar refractivity (Wildman–Crippen MR) is 65.9 cm³/mol. The van der Waals surface area contributed by atoms with Gasteiger partial charge in [-0.2, -0.15) is 0 Å². The number of carbonyl (C=O) groups excluding carboxylic acids is 1. The third kappa shape index (κ3) is 2.06. The van der Waals surface area contributed by atoms with Crippen molar-refractivity contribution in [3.05, 3.63) is 25.3 Å². The van der Waals surface area contributed by atoms with E-state index in [9.17, 15) is 4.79 Å². The van der Waals surface area contributed by atoms with Crippen molar-refractivity contribution in [3.63, 3.8) is 0 Å². The van der Waals surface area contributed by atoms with Crippen LogP contribution in [0.1, 0.15) is 25.7 Å². The maximum Gasteiger partial charge on any atom is 0.226 e. The summed E-state index contributed by atoms with van der Waals surface area (Å²) in [6.45, 7) is 8.73. The van der Waals surface area contributed by atoms with Crippen molar-refractivity contribution in [2.75, 3.05) is 13.1 Å². The summed E-state index contributed by atoms with van der Waals surface area (Å²) in [7, 11) is 0. The monoisotopic (exact) mass is 219 g/mol. The smallest absolute Gasteiger partial charge is 0.226 e. The second-order valence-electron chi connectivity index (χ2n) is 5.10. The summed E-state index contributed by atoms with van der Waals surface area (Å²) in [5, 5.41) is 0. The van der Waals surface area contributed by atoms with Gasteiger partial charge in [-0.25, -0.2) is 0 Å². The Kier molecular flexibility index (Phi) is 3.47. The first kappa shape index (κ1) is 11.4. The van der Waals surface area contributed by atoms with Gasteiger partial charge >= 0.3 is 0 Å². The lowest BCUT2D eigenvalue weighted by molar-refractivity contribution is -0.136. The number of hydrogen-bond acceptors (Lipinski definition) is 1. The SMILES string of the molecule is C=CCN(CC=C)C(=O)[C@@H]1C[C@@H]2CC[C@@H]1C2. The maximum atomic E-state index is 12.3. The van der Waals surface area contributed by atoms with Gasteiger partial charge in [-0.15, -0.1) is 13.2 Å². The van der Waals surface area contributed by atoms with Gasteiger partial charge in [0.2, 0.25) is 5.91 Å². The average molecular weight is 219 g/mol. The molecule has 0 aromatic heterocycles. The molecular weight excluding hydrogens is 198 g/mol. The number of nitrogens with zero attached hydrogens (tertiary/aromatic N) is 1. The molecule has 0 spiro atoms. The molecule has 0 N–H and O–H groups in total. The molecule has 3 atom stereocenters. The van der Waals surface area contributed by atoms with Gasteiger partial charge in [0.15, 0.2) is 0 Å². The van der Waals surface area contributed by atoms with Crippen LogP contribution in [0.3, 0.4) is 0 Å². The van der Waals surface area contributed by atoms with E-state index >= 15 is 0 Å². The molecule has 2 fully saturated rings. The molecule has 2 aliphatic rings. The van der Waals surface area contributed by atoms with E-state index in [1.807, 2.05) is 4.90 Å². The molecule has 0 aliphatic heterocycles. The molecule has 1 amide bonds. The van der Waals surface area contributed by atoms with Gasteiger partial charge < -0.3 is 4.90 Å². The lowest BCUT2D eigenvalue weighted by Crippen LogP contribution is -2.38. The third-order valence-electron chi connectivity index (χ3n) is 4.07. The summed E-state index contributed by atoms with van der Waals surface area (Å²) in [4.78, 5) is 14.2. The molecule has 2 nitrogen and oxygen atoms in total. The van der Waals surface area contributed by atoms with Crippen molar-refractivity contribution in [2.45, 2.75) is 25.7 Å². The maximum absolute atomic E-state index is 12.3. The number of rotatable bonds is 5. The van der Waals surface area contributed by atoms with Crippen LogP contribution in [0.25, 0.3) is 0 Å². The number of carbonyl (C=O) groups is 1. The van der Waals surface area contributed by atoms with Crippen LogP contribution in [0.4, 0.5) is 0 Å². The average Bonchev–Trinajstić information content (AvgIpc) is 2.89. The standard InChI is InChI=1S/C14H21NO/c1-3-7-15(8-4-2)14(16)13-10-11-5-6-12(13)9-11/h3-4,11-13H,1-2,5-10H2/t11-,12-,13-/m1/s1. The van der Waals surface area contributed by atoms with E-state index in [-0.39, 0.29) is 0 Å². The van der Waals surface area contributed by atoms with Crippen LogP contribution in [0, 0.1) is 17.8 Å². The normalized spacial score (nSPS) is 31.4. The quantitative estimate of drug-likeness (QED) is 0.651. The fourth-order valence-electron chi connectivity index (χ4n) is 3.35. The summed E-state index contributed by atoms with van der Waals surface area (Å²) >= 11 is 0. The van der Waals surface area contributed by atoms with Gasteiger partial charge in [-0.1, -0.05) is 18.6 Å². The van der Waals surface area contributed by atoms with Crippen molar-refractivity contribution in [1.29, 1.82) is 0 Å². The summed E-state index contributed by atoms with van der Waals surface area (Å²) in [6.07, 6.45) is 8.61. The Labute approximate surface area is 98.0 Å². The van der Waals surface area contributed by atoms with Crippen molar-refractivity contribution < 1.29 is 4.79 Å². The summed E-state index contributed by atoms with van der Waals surface area (Å²) in [5.41, 5.74) is 0. The lowest BCUT2D eigenvalue weighted by Gasteiger charge is -2.27. The Bertz CT molecular complexity index is 287. The molecule has 2 aliphatic carbocycles. The second kappa shape index (κ2) is 4.86. The Morgan fingerprint density at radius 3 is 2.31 bits per heavy atom. The van der Waals surface area contributed by atoms with Gasteiger partial charge in [-0.05, 0) is 31.1 Å². The van der Waals surface area contributed by atoms with Crippen molar-refractivity contribution >= 4 is 5.91 Å². The van der Waals surface area contributed by atoms with Crippen LogP contribution >= 0.6 is 0 Å². The molecule has 2 heteroatoms. The van der Waals surface area contributed by atoms with Gasteiger partial charge in [0.05, 0.1) is 0 Å². The zero-order valence-corrected chi connectivity index (χ0v) is 9.90. The van der Waals surface area contributed by atoms with E-state index in [0.717, 1.165) is 12.3 Å². The van der Waals surface area contributed by atoms with Crippen molar-refractivity contribution in [1.82, 2.24) is 4.90 Å². The van der Waals surface area contributed by atoms with Gasteiger partial charge in [0.1, 0.15) is 0 Å². The molecule has 0 aromatic rings. The van der Waals surface area contributed by atoms with Crippen LogP contribution in [0.15, 0.2) is 25.3 Å². The van der Waals surface area contributed by atoms with E-state index in [0.29, 0.717) is 30.8 Å². The zero-order valence-electron chi connectivity index (χ0n) is 9.90. The molecule has 2 saturated carbocycles. The highest BCUT2D eigenvalue weighted by Crippen LogP contribution is 2.48. The predicted octanol–water partition coefficient (Wildman–Crippen LogP) is 2.62. The molecule has 0 heterocycles. The Hall–Kier alpha value is -1.05. The second-order valence-corrected chi connectivity index (χ2v) is 5.10. The highest BCUT2D eigenvalue weighted by Gasteiger charge is 2.44. The highest BCUT2D eigenvalue weighted by atomic mass is 16.2. The molecule has 2 rings (SSSR count). The van der Waals surface area contributed by atoms with Gasteiger partial charge in [0, 0.05) is 19.0 Å². The van der Waals surface area contributed by atoms with Crippen LogP contribution in [-0.4, -0.2) is 23.9 Å². The number of hydrogen-bond donors (Lipinski definition) is 0. The van der Waals surface area contributed by atoms with E-state index < -0.39 is 0 Å². The van der Waals surface area contributed by atoms with E-state index in [4.69, 9.17) is 0 Å². The number of fused-ring (bicyclic) bond motifs is 2. The van der Waals surface area contributed by atoms with Gasteiger partial charge in [0.25, 0.3) is 0 Å². The summed E-state index contributed by atoms with van der Waals surface area (Å²) in [5.74, 6) is 2.11. The molecule has 16 heavy (non-hydrogen) atoms. The van der Waals surface area contributed by atoms with Gasteiger partial charge in [-0.3, -0.25) is 4.79 Å². The largest absolute Gasteiger partial charge is 0.335 e.